The summed E-state index contributed by atoms with van der Waals surface area (Å²) in [6, 6.07) is 50.3. The molecule has 7 rings (SSSR count). The van der Waals surface area contributed by atoms with Gasteiger partial charge in [0.25, 0.3) is 0 Å². The molecule has 0 fully saturated rings. The molecule has 7 aromatic rings. The maximum atomic E-state index is 2.40. The lowest BCUT2D eigenvalue weighted by Crippen LogP contribution is -2.10. The molecule has 0 radical (unpaired) electrons. The van der Waals surface area contributed by atoms with Crippen LogP contribution in [0.4, 0.5) is 17.1 Å². The summed E-state index contributed by atoms with van der Waals surface area (Å²) in [7, 11) is 0. The molecule has 0 atom stereocenters. The summed E-state index contributed by atoms with van der Waals surface area (Å²) in [5.41, 5.74) is 3.48. The summed E-state index contributed by atoms with van der Waals surface area (Å²) < 4.78 is 0. The van der Waals surface area contributed by atoms with Crippen LogP contribution in [0.3, 0.4) is 0 Å². The van der Waals surface area contributed by atoms with Crippen LogP contribution in [0, 0.1) is 0 Å². The highest BCUT2D eigenvalue weighted by atomic mass is 15.1. The van der Waals surface area contributed by atoms with Crippen molar-refractivity contribution in [2.24, 2.45) is 0 Å². The fraction of sp³-hybridized carbons (Fsp3) is 0. The van der Waals surface area contributed by atoms with Gasteiger partial charge in [-0.15, -0.1) is 0 Å². The van der Waals surface area contributed by atoms with Crippen molar-refractivity contribution in [1.82, 2.24) is 0 Å². The van der Waals surface area contributed by atoms with Crippen molar-refractivity contribution in [3.05, 3.63) is 140 Å². The fourth-order valence-corrected chi connectivity index (χ4v) is 5.36. The van der Waals surface area contributed by atoms with E-state index in [4.69, 9.17) is 0 Å². The molecule has 7 aromatic carbocycles. The number of anilines is 3. The Balaban J connectivity index is 1.61. The van der Waals surface area contributed by atoms with Crippen LogP contribution < -0.4 is 4.90 Å². The molecule has 1 heteroatoms. The topological polar surface area (TPSA) is 3.24 Å². The fourth-order valence-electron chi connectivity index (χ4n) is 5.36. The minimum Gasteiger partial charge on any atom is -0.310 e. The summed E-state index contributed by atoms with van der Waals surface area (Å²) in [5.74, 6) is 0. The largest absolute Gasteiger partial charge is 0.310 e. The SMILES string of the molecule is c1ccc(N(c2ccc3ccccc3c2)c2cc3ccccc3c3c2ccc2ccccc23)cc1. The van der Waals surface area contributed by atoms with Gasteiger partial charge >= 0.3 is 0 Å². The summed E-state index contributed by atoms with van der Waals surface area (Å²) >= 11 is 0. The van der Waals surface area contributed by atoms with Crippen molar-refractivity contribution in [1.29, 1.82) is 0 Å². The lowest BCUT2D eigenvalue weighted by atomic mass is 9.94. The predicted molar refractivity (Wildman–Crippen MR) is 151 cm³/mol. The number of hydrogen-bond donors (Lipinski definition) is 0. The normalized spacial score (nSPS) is 11.4. The van der Waals surface area contributed by atoms with Gasteiger partial charge in [-0.05, 0) is 68.0 Å². The van der Waals surface area contributed by atoms with E-state index >= 15 is 0 Å². The van der Waals surface area contributed by atoms with Gasteiger partial charge in [0, 0.05) is 16.8 Å². The molecule has 1 nitrogen and oxygen atoms in total. The molecule has 0 saturated heterocycles. The van der Waals surface area contributed by atoms with Gasteiger partial charge in [0.15, 0.2) is 0 Å². The van der Waals surface area contributed by atoms with E-state index < -0.39 is 0 Å². The van der Waals surface area contributed by atoms with E-state index in [9.17, 15) is 0 Å². The second kappa shape index (κ2) is 8.00. The van der Waals surface area contributed by atoms with Gasteiger partial charge in [-0.2, -0.15) is 0 Å². The summed E-state index contributed by atoms with van der Waals surface area (Å²) in [6.07, 6.45) is 0. The molecule has 0 aliphatic carbocycles. The lowest BCUT2D eigenvalue weighted by Gasteiger charge is -2.28. The van der Waals surface area contributed by atoms with Crippen LogP contribution in [0.15, 0.2) is 140 Å². The van der Waals surface area contributed by atoms with Crippen molar-refractivity contribution in [3.63, 3.8) is 0 Å². The first-order valence-corrected chi connectivity index (χ1v) is 12.0. The van der Waals surface area contributed by atoms with Crippen LogP contribution in [0.1, 0.15) is 0 Å². The Kier molecular flexibility index (Phi) is 4.53. The molecule has 0 saturated carbocycles. The molecule has 35 heavy (non-hydrogen) atoms. The first-order chi connectivity index (χ1) is 17.4. The zero-order chi connectivity index (χ0) is 23.2. The van der Waals surface area contributed by atoms with Gasteiger partial charge in [-0.3, -0.25) is 0 Å². The van der Waals surface area contributed by atoms with Gasteiger partial charge in [-0.25, -0.2) is 0 Å². The number of fused-ring (bicyclic) bond motifs is 6. The van der Waals surface area contributed by atoms with Crippen molar-refractivity contribution < 1.29 is 0 Å². The van der Waals surface area contributed by atoms with E-state index in [1.54, 1.807) is 0 Å². The molecule has 0 spiro atoms. The molecule has 164 valence electrons. The van der Waals surface area contributed by atoms with Crippen LogP contribution in [0.2, 0.25) is 0 Å². The number of rotatable bonds is 3. The summed E-state index contributed by atoms with van der Waals surface area (Å²) in [4.78, 5) is 2.40. The third kappa shape index (κ3) is 3.25. The van der Waals surface area contributed by atoms with Crippen molar-refractivity contribution in [3.8, 4) is 0 Å². The van der Waals surface area contributed by atoms with Gasteiger partial charge in [-0.1, -0.05) is 109 Å². The highest BCUT2D eigenvalue weighted by Gasteiger charge is 2.18. The summed E-state index contributed by atoms with van der Waals surface area (Å²) in [5, 5.41) is 10.1. The Morgan fingerprint density at radius 3 is 1.74 bits per heavy atom. The smallest absolute Gasteiger partial charge is 0.0546 e. The molecule has 0 N–H and O–H groups in total. The van der Waals surface area contributed by atoms with E-state index in [2.05, 4.69) is 144 Å². The second-order valence-electron chi connectivity index (χ2n) is 9.03. The van der Waals surface area contributed by atoms with Crippen molar-refractivity contribution in [2.45, 2.75) is 0 Å². The zero-order valence-corrected chi connectivity index (χ0v) is 19.2. The second-order valence-corrected chi connectivity index (χ2v) is 9.03. The highest BCUT2D eigenvalue weighted by molar-refractivity contribution is 6.24. The molecule has 0 aliphatic heterocycles. The lowest BCUT2D eigenvalue weighted by molar-refractivity contribution is 1.31. The third-order valence-electron chi connectivity index (χ3n) is 6.97. The van der Waals surface area contributed by atoms with Crippen molar-refractivity contribution >= 4 is 60.2 Å². The van der Waals surface area contributed by atoms with Crippen molar-refractivity contribution in [2.75, 3.05) is 4.90 Å². The quantitative estimate of drug-likeness (QED) is 0.245. The van der Waals surface area contributed by atoms with E-state index in [0.717, 1.165) is 11.4 Å². The molecule has 0 bridgehead atoms. The number of para-hydroxylation sites is 1. The predicted octanol–water partition coefficient (Wildman–Crippen LogP) is 9.77. The maximum absolute atomic E-state index is 2.40. The van der Waals surface area contributed by atoms with Gasteiger partial charge in [0.2, 0.25) is 0 Å². The summed E-state index contributed by atoms with van der Waals surface area (Å²) in [6.45, 7) is 0. The molecule has 0 heterocycles. The molecule has 0 amide bonds. The molecule has 0 aromatic heterocycles. The molecule has 0 aliphatic rings. The molecule has 0 unspecified atom stereocenters. The van der Waals surface area contributed by atoms with Gasteiger partial charge in [0.1, 0.15) is 0 Å². The monoisotopic (exact) mass is 445 g/mol. The zero-order valence-electron chi connectivity index (χ0n) is 19.2. The Morgan fingerprint density at radius 2 is 0.943 bits per heavy atom. The Hall–Kier alpha value is -4.62. The number of hydrogen-bond acceptors (Lipinski definition) is 1. The Labute approximate surface area is 204 Å². The van der Waals surface area contributed by atoms with E-state index in [0.29, 0.717) is 0 Å². The van der Waals surface area contributed by atoms with Crippen LogP contribution in [-0.4, -0.2) is 0 Å². The van der Waals surface area contributed by atoms with Gasteiger partial charge < -0.3 is 4.90 Å². The first-order valence-electron chi connectivity index (χ1n) is 12.0. The number of nitrogens with zero attached hydrogens (tertiary/aromatic N) is 1. The Morgan fingerprint density at radius 1 is 0.343 bits per heavy atom. The molecular weight excluding hydrogens is 422 g/mol. The maximum Gasteiger partial charge on any atom is 0.0546 e. The van der Waals surface area contributed by atoms with Crippen LogP contribution in [-0.2, 0) is 0 Å². The van der Waals surface area contributed by atoms with E-state index in [1.165, 1.54) is 48.8 Å². The minimum atomic E-state index is 1.15. The van der Waals surface area contributed by atoms with E-state index in [1.807, 2.05) is 0 Å². The van der Waals surface area contributed by atoms with Crippen LogP contribution in [0.5, 0.6) is 0 Å². The number of benzene rings is 7. The highest BCUT2D eigenvalue weighted by Crippen LogP contribution is 2.44. The van der Waals surface area contributed by atoms with Crippen LogP contribution in [0.25, 0.3) is 43.1 Å². The average Bonchev–Trinajstić information content (AvgIpc) is 2.93. The Bertz CT molecular complexity index is 1830. The van der Waals surface area contributed by atoms with Crippen LogP contribution >= 0.6 is 0 Å². The van der Waals surface area contributed by atoms with E-state index in [-0.39, 0.29) is 0 Å². The average molecular weight is 446 g/mol. The third-order valence-corrected chi connectivity index (χ3v) is 6.97. The molecular formula is C34H23N. The van der Waals surface area contributed by atoms with Gasteiger partial charge in [0.05, 0.1) is 5.69 Å². The minimum absolute atomic E-state index is 1.15. The standard InChI is InChI=1S/C34H23N/c1-2-14-28(15-3-1)35(29-20-18-24-10-4-5-12-26(24)22-29)33-23-27-13-7-9-17-31(27)34-30-16-8-6-11-25(30)19-21-32(33)34/h1-23H. The first kappa shape index (κ1) is 19.8.